The van der Waals surface area contributed by atoms with Crippen LogP contribution in [-0.4, -0.2) is 28.2 Å². The molecule has 1 amide bonds. The van der Waals surface area contributed by atoms with Crippen LogP contribution in [0, 0.1) is 5.41 Å². The molecule has 1 aliphatic rings. The van der Waals surface area contributed by atoms with E-state index in [-0.39, 0.29) is 18.2 Å². The van der Waals surface area contributed by atoms with E-state index >= 15 is 0 Å². The summed E-state index contributed by atoms with van der Waals surface area (Å²) in [5.41, 5.74) is 1.45. The van der Waals surface area contributed by atoms with Gasteiger partial charge in [-0.25, -0.2) is 4.79 Å². The van der Waals surface area contributed by atoms with Crippen LogP contribution in [0.2, 0.25) is 0 Å². The van der Waals surface area contributed by atoms with Crippen LogP contribution in [0.1, 0.15) is 72.0 Å². The zero-order chi connectivity index (χ0) is 20.2. The SMILES string of the molecule is CC(C)N(C(=O)O/C=C1/CCCCC1(C)C(O)c1ccc(Br)cc1)C(C)C. The molecule has 1 aliphatic carbocycles. The van der Waals surface area contributed by atoms with Crippen molar-refractivity contribution in [2.45, 2.75) is 78.5 Å². The van der Waals surface area contributed by atoms with Gasteiger partial charge in [-0.3, -0.25) is 0 Å². The first kappa shape index (κ1) is 22.0. The van der Waals surface area contributed by atoms with Crippen molar-refractivity contribution < 1.29 is 14.6 Å². The summed E-state index contributed by atoms with van der Waals surface area (Å²) >= 11 is 3.44. The summed E-state index contributed by atoms with van der Waals surface area (Å²) in [5.74, 6) is 0. The van der Waals surface area contributed by atoms with Crippen LogP contribution in [-0.2, 0) is 4.74 Å². The minimum absolute atomic E-state index is 0.0713. The normalized spacial score (nSPS) is 22.9. The molecule has 1 fully saturated rings. The second-order valence-electron chi connectivity index (χ2n) is 8.20. The van der Waals surface area contributed by atoms with Crippen LogP contribution < -0.4 is 0 Å². The lowest BCUT2D eigenvalue weighted by atomic mass is 9.67. The van der Waals surface area contributed by atoms with E-state index in [0.717, 1.165) is 41.3 Å². The average Bonchev–Trinajstić information content (AvgIpc) is 2.60. The summed E-state index contributed by atoms with van der Waals surface area (Å²) in [6, 6.07) is 7.91. The first-order chi connectivity index (χ1) is 12.7. The quantitative estimate of drug-likeness (QED) is 0.557. The first-order valence-corrected chi connectivity index (χ1v) is 10.6. The summed E-state index contributed by atoms with van der Waals surface area (Å²) in [5, 5.41) is 11.1. The van der Waals surface area contributed by atoms with Crippen LogP contribution in [0.3, 0.4) is 0 Å². The van der Waals surface area contributed by atoms with Crippen LogP contribution in [0.15, 0.2) is 40.6 Å². The fourth-order valence-electron chi connectivity index (χ4n) is 3.97. The number of ether oxygens (including phenoxy) is 1. The van der Waals surface area contributed by atoms with E-state index in [0.29, 0.717) is 0 Å². The molecular weight excluding hydrogens is 406 g/mol. The van der Waals surface area contributed by atoms with Gasteiger partial charge in [0.25, 0.3) is 0 Å². The predicted octanol–water partition coefficient (Wildman–Crippen LogP) is 6.20. The number of halogens is 1. The topological polar surface area (TPSA) is 49.8 Å². The summed E-state index contributed by atoms with van der Waals surface area (Å²) in [6.07, 6.45) is 4.43. The fraction of sp³-hybridized carbons (Fsp3) is 0.591. The molecule has 0 aliphatic heterocycles. The zero-order valence-corrected chi connectivity index (χ0v) is 18.6. The summed E-state index contributed by atoms with van der Waals surface area (Å²) < 4.78 is 6.56. The molecule has 0 spiro atoms. The molecule has 1 aromatic carbocycles. The van der Waals surface area contributed by atoms with Gasteiger partial charge in [-0.15, -0.1) is 0 Å². The van der Waals surface area contributed by atoms with Gasteiger partial charge in [0, 0.05) is 22.0 Å². The van der Waals surface area contributed by atoms with Gasteiger partial charge in [-0.1, -0.05) is 41.4 Å². The van der Waals surface area contributed by atoms with E-state index in [1.54, 1.807) is 11.2 Å². The molecule has 4 nitrogen and oxygen atoms in total. The van der Waals surface area contributed by atoms with Gasteiger partial charge in [-0.2, -0.15) is 0 Å². The minimum Gasteiger partial charge on any atom is -0.418 e. The maximum Gasteiger partial charge on any atom is 0.415 e. The Morgan fingerprint density at radius 2 is 1.78 bits per heavy atom. The first-order valence-electron chi connectivity index (χ1n) is 9.79. The molecule has 0 bridgehead atoms. The number of hydrogen-bond donors (Lipinski definition) is 1. The maximum absolute atomic E-state index is 12.5. The molecule has 150 valence electrons. The lowest BCUT2D eigenvalue weighted by Gasteiger charge is -2.40. The Morgan fingerprint density at radius 1 is 1.19 bits per heavy atom. The van der Waals surface area contributed by atoms with E-state index in [1.807, 2.05) is 52.0 Å². The molecule has 5 heteroatoms. The maximum atomic E-state index is 12.5. The molecule has 0 radical (unpaired) electrons. The van der Waals surface area contributed by atoms with Crippen molar-refractivity contribution in [3.8, 4) is 0 Å². The van der Waals surface area contributed by atoms with E-state index in [9.17, 15) is 9.90 Å². The van der Waals surface area contributed by atoms with Gasteiger partial charge in [0.05, 0.1) is 12.4 Å². The number of benzene rings is 1. The summed E-state index contributed by atoms with van der Waals surface area (Å²) in [6.45, 7) is 10.0. The van der Waals surface area contributed by atoms with E-state index in [4.69, 9.17) is 4.74 Å². The molecule has 2 atom stereocenters. The largest absolute Gasteiger partial charge is 0.418 e. The second-order valence-corrected chi connectivity index (χ2v) is 9.12. The highest BCUT2D eigenvalue weighted by atomic mass is 79.9. The highest BCUT2D eigenvalue weighted by molar-refractivity contribution is 9.10. The molecule has 1 N–H and O–H groups in total. The standard InChI is InChI=1S/C22H32BrNO3/c1-15(2)24(16(3)4)21(26)27-14-18-8-6-7-13-22(18,5)20(25)17-9-11-19(23)12-10-17/h9-12,14-16,20,25H,6-8,13H2,1-5H3/b18-14-. The van der Waals surface area contributed by atoms with Crippen molar-refractivity contribution >= 4 is 22.0 Å². The Kier molecular flexibility index (Phi) is 7.52. The summed E-state index contributed by atoms with van der Waals surface area (Å²) in [7, 11) is 0. The van der Waals surface area contributed by atoms with Crippen molar-refractivity contribution in [3.63, 3.8) is 0 Å². The number of amides is 1. The van der Waals surface area contributed by atoms with E-state index in [2.05, 4.69) is 22.9 Å². The smallest absolute Gasteiger partial charge is 0.415 e. The van der Waals surface area contributed by atoms with Crippen molar-refractivity contribution in [1.29, 1.82) is 0 Å². The molecule has 2 unspecified atom stereocenters. The van der Waals surface area contributed by atoms with Crippen molar-refractivity contribution in [2.24, 2.45) is 5.41 Å². The third-order valence-corrected chi connectivity index (χ3v) is 6.07. The van der Waals surface area contributed by atoms with Gasteiger partial charge >= 0.3 is 6.09 Å². The number of aliphatic hydroxyl groups excluding tert-OH is 1. The minimum atomic E-state index is -0.637. The van der Waals surface area contributed by atoms with Crippen LogP contribution >= 0.6 is 15.9 Å². The molecular formula is C22H32BrNO3. The number of aliphatic hydroxyl groups is 1. The predicted molar refractivity (Wildman–Crippen MR) is 112 cm³/mol. The fourth-order valence-corrected chi connectivity index (χ4v) is 4.24. The average molecular weight is 438 g/mol. The van der Waals surface area contributed by atoms with Crippen LogP contribution in [0.5, 0.6) is 0 Å². The molecule has 1 aromatic rings. The Hall–Kier alpha value is -1.33. The molecule has 1 saturated carbocycles. The molecule has 0 aromatic heterocycles. The number of carbonyl (C=O) groups excluding carboxylic acids is 1. The number of carbonyl (C=O) groups is 1. The lowest BCUT2D eigenvalue weighted by molar-refractivity contribution is 0.0402. The molecule has 27 heavy (non-hydrogen) atoms. The van der Waals surface area contributed by atoms with Gasteiger partial charge in [-0.05, 0) is 70.2 Å². The third kappa shape index (κ3) is 5.14. The molecule has 0 saturated heterocycles. The van der Waals surface area contributed by atoms with Gasteiger partial charge < -0.3 is 14.7 Å². The number of rotatable bonds is 5. The monoisotopic (exact) mass is 437 g/mol. The second kappa shape index (κ2) is 9.24. The Bertz CT molecular complexity index is 661. The van der Waals surface area contributed by atoms with Gasteiger partial charge in [0.15, 0.2) is 0 Å². The van der Waals surface area contributed by atoms with Crippen molar-refractivity contribution in [1.82, 2.24) is 4.90 Å². The number of nitrogens with zero attached hydrogens (tertiary/aromatic N) is 1. The number of hydrogen-bond acceptors (Lipinski definition) is 3. The van der Waals surface area contributed by atoms with E-state index in [1.165, 1.54) is 0 Å². The van der Waals surface area contributed by atoms with Gasteiger partial charge in [0.2, 0.25) is 0 Å². The van der Waals surface area contributed by atoms with Crippen LogP contribution in [0.25, 0.3) is 0 Å². The van der Waals surface area contributed by atoms with Crippen molar-refractivity contribution in [3.05, 3.63) is 46.1 Å². The van der Waals surface area contributed by atoms with Gasteiger partial charge in [0.1, 0.15) is 0 Å². The van der Waals surface area contributed by atoms with Crippen LogP contribution in [0.4, 0.5) is 4.79 Å². The molecule has 2 rings (SSSR count). The highest BCUT2D eigenvalue weighted by Crippen LogP contribution is 2.49. The third-order valence-electron chi connectivity index (χ3n) is 5.54. The zero-order valence-electron chi connectivity index (χ0n) is 17.0. The Morgan fingerprint density at radius 3 is 2.33 bits per heavy atom. The Labute approximate surface area is 171 Å². The van der Waals surface area contributed by atoms with E-state index < -0.39 is 11.5 Å². The highest BCUT2D eigenvalue weighted by Gasteiger charge is 2.39. The lowest BCUT2D eigenvalue weighted by Crippen LogP contribution is -2.42. The Balaban J connectivity index is 2.23. The molecule has 0 heterocycles. The van der Waals surface area contributed by atoms with Crippen molar-refractivity contribution in [2.75, 3.05) is 0 Å². The summed E-state index contributed by atoms with van der Waals surface area (Å²) in [4.78, 5) is 14.3.